The Kier molecular flexibility index (Phi) is 7.22. The van der Waals surface area contributed by atoms with E-state index >= 15 is 0 Å². The number of carbonyl (C=O) groups excluding carboxylic acids is 2. The number of aromatic carboxylic acids is 1. The molecular formula is C22H18F3N3O4S. The summed E-state index contributed by atoms with van der Waals surface area (Å²) in [6.07, 6.45) is -3.29. The van der Waals surface area contributed by atoms with Gasteiger partial charge in [-0.3, -0.25) is 14.5 Å². The van der Waals surface area contributed by atoms with E-state index < -0.39 is 34.8 Å². The van der Waals surface area contributed by atoms with Gasteiger partial charge in [0.2, 0.25) is 11.8 Å². The molecule has 33 heavy (non-hydrogen) atoms. The van der Waals surface area contributed by atoms with Crippen LogP contribution in [0.4, 0.5) is 24.5 Å². The van der Waals surface area contributed by atoms with Gasteiger partial charge in [0.25, 0.3) is 0 Å². The van der Waals surface area contributed by atoms with Crippen LogP contribution in [0.25, 0.3) is 0 Å². The van der Waals surface area contributed by atoms with E-state index in [-0.39, 0.29) is 29.4 Å². The Morgan fingerprint density at radius 3 is 2.52 bits per heavy atom. The standard InChI is InChI=1S/C22H18F3N3O4S/c1-2-10-28-19(30)17(12-18(29)26-15-8-6-13(7-9-15)20(31)32)33-21(28)27-16-5-3-4-14(11-16)22(23,24)25/h2-9,11,17H,1,10,12H2,(H,26,29)(H,31,32). The van der Waals surface area contributed by atoms with Crippen LogP contribution in [-0.2, 0) is 15.8 Å². The first-order valence-corrected chi connectivity index (χ1v) is 10.4. The van der Waals surface area contributed by atoms with Crippen LogP contribution in [0.3, 0.4) is 0 Å². The second-order valence-corrected chi connectivity index (χ2v) is 8.09. The molecule has 0 bridgehead atoms. The minimum absolute atomic E-state index is 0.0257. The van der Waals surface area contributed by atoms with Gasteiger partial charge in [0.15, 0.2) is 5.17 Å². The maximum atomic E-state index is 13.0. The number of carboxylic acids is 1. The van der Waals surface area contributed by atoms with Crippen molar-refractivity contribution in [1.82, 2.24) is 4.90 Å². The number of carboxylic acid groups (broad SMARTS) is 1. The normalized spacial score (nSPS) is 17.3. The molecule has 1 saturated heterocycles. The molecule has 0 spiro atoms. The minimum atomic E-state index is -4.53. The van der Waals surface area contributed by atoms with E-state index in [0.717, 1.165) is 23.9 Å². The highest BCUT2D eigenvalue weighted by atomic mass is 32.2. The van der Waals surface area contributed by atoms with Crippen molar-refractivity contribution in [2.24, 2.45) is 4.99 Å². The average Bonchev–Trinajstić information content (AvgIpc) is 3.02. The summed E-state index contributed by atoms with van der Waals surface area (Å²) in [4.78, 5) is 41.6. The molecule has 172 valence electrons. The number of aliphatic imine (C=N–C) groups is 1. The number of nitrogens with zero attached hydrogens (tertiary/aromatic N) is 2. The lowest BCUT2D eigenvalue weighted by atomic mass is 10.2. The topological polar surface area (TPSA) is 99.1 Å². The quantitative estimate of drug-likeness (QED) is 0.570. The van der Waals surface area contributed by atoms with Gasteiger partial charge in [0.1, 0.15) is 5.25 Å². The third kappa shape index (κ3) is 6.01. The number of hydrogen-bond donors (Lipinski definition) is 2. The molecule has 3 rings (SSSR count). The first kappa shape index (κ1) is 24.1. The maximum Gasteiger partial charge on any atom is 0.416 e. The van der Waals surface area contributed by atoms with Gasteiger partial charge in [0, 0.05) is 18.7 Å². The van der Waals surface area contributed by atoms with E-state index in [1.54, 1.807) is 0 Å². The lowest BCUT2D eigenvalue weighted by molar-refractivity contribution is -0.137. The van der Waals surface area contributed by atoms with Gasteiger partial charge in [-0.05, 0) is 42.5 Å². The fraction of sp³-hybridized carbons (Fsp3) is 0.182. The van der Waals surface area contributed by atoms with Gasteiger partial charge >= 0.3 is 12.1 Å². The number of benzene rings is 2. The van der Waals surface area contributed by atoms with Gasteiger partial charge in [-0.15, -0.1) is 6.58 Å². The van der Waals surface area contributed by atoms with Gasteiger partial charge in [0.05, 0.1) is 16.8 Å². The number of nitrogens with one attached hydrogen (secondary N) is 1. The molecule has 1 unspecified atom stereocenters. The number of amides is 2. The minimum Gasteiger partial charge on any atom is -0.478 e. The van der Waals surface area contributed by atoms with E-state index in [1.165, 1.54) is 47.4 Å². The summed E-state index contributed by atoms with van der Waals surface area (Å²) in [6, 6.07) is 9.94. The SMILES string of the molecule is C=CCN1C(=O)C(CC(=O)Nc2ccc(C(=O)O)cc2)SC1=Nc1cccc(C(F)(F)F)c1. The highest BCUT2D eigenvalue weighted by molar-refractivity contribution is 8.15. The molecule has 1 fully saturated rings. The molecular weight excluding hydrogens is 459 g/mol. The Balaban J connectivity index is 1.74. The molecule has 7 nitrogen and oxygen atoms in total. The molecule has 2 aromatic carbocycles. The Morgan fingerprint density at radius 2 is 1.91 bits per heavy atom. The highest BCUT2D eigenvalue weighted by Gasteiger charge is 2.39. The van der Waals surface area contributed by atoms with Crippen LogP contribution in [0.15, 0.2) is 66.2 Å². The summed E-state index contributed by atoms with van der Waals surface area (Å²) >= 11 is 0.979. The van der Waals surface area contributed by atoms with Crippen LogP contribution in [0.5, 0.6) is 0 Å². The number of halogens is 3. The summed E-state index contributed by atoms with van der Waals surface area (Å²) in [5.74, 6) is -2.00. The van der Waals surface area contributed by atoms with Crippen molar-refractivity contribution in [2.45, 2.75) is 17.8 Å². The van der Waals surface area contributed by atoms with Crippen molar-refractivity contribution >= 4 is 46.1 Å². The van der Waals surface area contributed by atoms with E-state index in [2.05, 4.69) is 16.9 Å². The molecule has 1 heterocycles. The monoisotopic (exact) mass is 477 g/mol. The van der Waals surface area contributed by atoms with Crippen molar-refractivity contribution in [3.8, 4) is 0 Å². The zero-order chi connectivity index (χ0) is 24.2. The zero-order valence-corrected chi connectivity index (χ0v) is 17.8. The Labute approximate surface area is 191 Å². The van der Waals surface area contributed by atoms with Crippen LogP contribution in [0.2, 0.25) is 0 Å². The first-order chi connectivity index (χ1) is 15.6. The summed E-state index contributed by atoms with van der Waals surface area (Å²) in [5, 5.41) is 10.9. The van der Waals surface area contributed by atoms with Crippen molar-refractivity contribution in [1.29, 1.82) is 0 Å². The number of carbonyl (C=O) groups is 3. The molecule has 0 aromatic heterocycles. The molecule has 2 N–H and O–H groups in total. The van der Waals surface area contributed by atoms with Gasteiger partial charge in [-0.25, -0.2) is 9.79 Å². The van der Waals surface area contributed by atoms with E-state index in [4.69, 9.17) is 5.11 Å². The molecule has 0 saturated carbocycles. The average molecular weight is 477 g/mol. The van der Waals surface area contributed by atoms with Crippen LogP contribution < -0.4 is 5.32 Å². The number of amidine groups is 1. The van der Waals surface area contributed by atoms with Crippen LogP contribution in [-0.4, -0.2) is 44.8 Å². The fourth-order valence-electron chi connectivity index (χ4n) is 2.96. The third-order valence-corrected chi connectivity index (χ3v) is 5.69. The molecule has 0 aliphatic carbocycles. The van der Waals surface area contributed by atoms with Crippen molar-refractivity contribution in [3.63, 3.8) is 0 Å². The second-order valence-electron chi connectivity index (χ2n) is 6.92. The van der Waals surface area contributed by atoms with Gasteiger partial charge in [-0.1, -0.05) is 23.9 Å². The summed E-state index contributed by atoms with van der Waals surface area (Å²) in [6.45, 7) is 3.66. The smallest absolute Gasteiger partial charge is 0.416 e. The largest absolute Gasteiger partial charge is 0.478 e. The van der Waals surface area contributed by atoms with Crippen LogP contribution in [0, 0.1) is 0 Å². The number of anilines is 1. The number of rotatable bonds is 7. The molecule has 2 aromatic rings. The second kappa shape index (κ2) is 9.90. The summed E-state index contributed by atoms with van der Waals surface area (Å²) < 4.78 is 38.9. The lowest BCUT2D eigenvalue weighted by Gasteiger charge is -2.14. The van der Waals surface area contributed by atoms with Gasteiger partial charge in [-0.2, -0.15) is 13.2 Å². The predicted molar refractivity (Wildman–Crippen MR) is 118 cm³/mol. The van der Waals surface area contributed by atoms with E-state index in [1.807, 2.05) is 0 Å². The molecule has 11 heteroatoms. The first-order valence-electron chi connectivity index (χ1n) is 9.56. The van der Waals surface area contributed by atoms with Crippen molar-refractivity contribution in [2.75, 3.05) is 11.9 Å². The van der Waals surface area contributed by atoms with Crippen molar-refractivity contribution < 1.29 is 32.7 Å². The molecule has 1 aliphatic heterocycles. The maximum absolute atomic E-state index is 13.0. The Morgan fingerprint density at radius 1 is 1.21 bits per heavy atom. The zero-order valence-electron chi connectivity index (χ0n) is 17.0. The fourth-order valence-corrected chi connectivity index (χ4v) is 4.13. The summed E-state index contributed by atoms with van der Waals surface area (Å²) in [7, 11) is 0. The Hall–Kier alpha value is -3.60. The number of alkyl halides is 3. The van der Waals surface area contributed by atoms with Crippen LogP contribution in [0.1, 0.15) is 22.3 Å². The lowest BCUT2D eigenvalue weighted by Crippen LogP contribution is -2.33. The predicted octanol–water partition coefficient (Wildman–Crippen LogP) is 4.55. The molecule has 2 amide bonds. The Bertz CT molecular complexity index is 1120. The molecule has 0 radical (unpaired) electrons. The molecule has 1 atom stereocenters. The number of hydrogen-bond acceptors (Lipinski definition) is 5. The third-order valence-electron chi connectivity index (χ3n) is 4.52. The number of thioether (sulfide) groups is 1. The van der Waals surface area contributed by atoms with E-state index in [0.29, 0.717) is 5.69 Å². The highest BCUT2D eigenvalue weighted by Crippen LogP contribution is 2.34. The summed E-state index contributed by atoms with van der Waals surface area (Å²) in [5.41, 5.74) is -0.414. The van der Waals surface area contributed by atoms with Crippen molar-refractivity contribution in [3.05, 3.63) is 72.3 Å². The van der Waals surface area contributed by atoms with E-state index in [9.17, 15) is 27.6 Å². The van der Waals surface area contributed by atoms with Crippen LogP contribution >= 0.6 is 11.8 Å². The van der Waals surface area contributed by atoms with Gasteiger partial charge < -0.3 is 10.4 Å². The molecule has 1 aliphatic rings.